The minimum Gasteiger partial charge on any atom is -0.309 e. The molecule has 2 heterocycles. The molecule has 0 radical (unpaired) electrons. The van der Waals surface area contributed by atoms with E-state index < -0.39 is 0 Å². The smallest absolute Gasteiger partial charge is 0.0800 e. The molecule has 8 aromatic rings. The topological polar surface area (TPSA) is 17.8 Å². The molecule has 0 spiro atoms. The zero-order valence-corrected chi connectivity index (χ0v) is 22.3. The Hall–Kier alpha value is -5.47. The van der Waals surface area contributed by atoms with Gasteiger partial charge in [-0.25, -0.2) is 4.98 Å². The van der Waals surface area contributed by atoms with Crippen molar-refractivity contribution < 1.29 is 0 Å². The van der Waals surface area contributed by atoms with Crippen molar-refractivity contribution in [3.63, 3.8) is 0 Å². The molecule has 0 amide bonds. The van der Waals surface area contributed by atoms with E-state index in [9.17, 15) is 0 Å². The van der Waals surface area contributed by atoms with Gasteiger partial charge in [0.1, 0.15) is 0 Å². The molecule has 0 saturated heterocycles. The highest BCUT2D eigenvalue weighted by Gasteiger charge is 2.23. The van der Waals surface area contributed by atoms with Gasteiger partial charge in [0.15, 0.2) is 0 Å². The first-order valence-electron chi connectivity index (χ1n) is 14.1. The van der Waals surface area contributed by atoms with E-state index in [1.165, 1.54) is 66.1 Å². The lowest BCUT2D eigenvalue weighted by molar-refractivity contribution is 1.18. The summed E-state index contributed by atoms with van der Waals surface area (Å²) in [4.78, 5) is 5.24. The van der Waals surface area contributed by atoms with Crippen LogP contribution in [0.5, 0.6) is 0 Å². The Bertz CT molecular complexity index is 2310. The molecule has 0 fully saturated rings. The van der Waals surface area contributed by atoms with Gasteiger partial charge in [0, 0.05) is 33.0 Å². The first kappa shape index (κ1) is 22.4. The molecular formula is C39H24N2. The number of hydrogen-bond donors (Lipinski definition) is 0. The van der Waals surface area contributed by atoms with E-state index in [0.29, 0.717) is 0 Å². The van der Waals surface area contributed by atoms with Crippen molar-refractivity contribution in [2.75, 3.05) is 0 Å². The number of hydrogen-bond acceptors (Lipinski definition) is 1. The molecular weight excluding hydrogens is 496 g/mol. The van der Waals surface area contributed by atoms with E-state index in [0.717, 1.165) is 17.0 Å². The van der Waals surface area contributed by atoms with Gasteiger partial charge < -0.3 is 4.57 Å². The van der Waals surface area contributed by atoms with Gasteiger partial charge in [0.25, 0.3) is 0 Å². The summed E-state index contributed by atoms with van der Waals surface area (Å²) in [6, 6.07) is 52.4. The first-order chi connectivity index (χ1) is 20.3. The molecule has 9 rings (SSSR count). The maximum Gasteiger partial charge on any atom is 0.0800 e. The van der Waals surface area contributed by atoms with Crippen molar-refractivity contribution in [2.45, 2.75) is 0 Å². The van der Waals surface area contributed by atoms with Crippen LogP contribution in [0.15, 0.2) is 146 Å². The summed E-state index contributed by atoms with van der Waals surface area (Å²) in [7, 11) is 0. The van der Waals surface area contributed by atoms with Gasteiger partial charge in [-0.3, -0.25) is 0 Å². The standard InChI is InChI=1S/C39H24N2/c1-2-13-29(14-3-1)41-36-19-7-6-16-31(36)34-23-26(20-21-37(34)41)25-10-8-11-27(22-25)35-24-28-12-9-18-32-30-15-4-5-17-33(30)39(40-35)38(28)32/h1-24H. The van der Waals surface area contributed by atoms with Crippen LogP contribution < -0.4 is 0 Å². The van der Waals surface area contributed by atoms with Gasteiger partial charge in [-0.15, -0.1) is 0 Å². The molecule has 0 aliphatic heterocycles. The van der Waals surface area contributed by atoms with Gasteiger partial charge in [-0.1, -0.05) is 103 Å². The molecule has 1 aliphatic carbocycles. The molecule has 6 aromatic carbocycles. The van der Waals surface area contributed by atoms with E-state index in [-0.39, 0.29) is 0 Å². The third-order valence-corrected chi connectivity index (χ3v) is 8.51. The molecule has 0 saturated carbocycles. The Labute approximate surface area is 237 Å². The molecule has 2 aromatic heterocycles. The lowest BCUT2D eigenvalue weighted by atomic mass is 9.98. The predicted octanol–water partition coefficient (Wildman–Crippen LogP) is 10.3. The van der Waals surface area contributed by atoms with E-state index in [2.05, 4.69) is 150 Å². The van der Waals surface area contributed by atoms with Crippen LogP contribution in [0.25, 0.3) is 83.0 Å². The van der Waals surface area contributed by atoms with Gasteiger partial charge >= 0.3 is 0 Å². The lowest BCUT2D eigenvalue weighted by Gasteiger charge is -2.10. The molecule has 0 atom stereocenters. The Morgan fingerprint density at radius 1 is 0.439 bits per heavy atom. The highest BCUT2D eigenvalue weighted by Crippen LogP contribution is 2.47. The molecule has 2 nitrogen and oxygen atoms in total. The SMILES string of the molecule is c1ccc(-n2c3ccccc3c3cc(-c4cccc(-c5cc6cccc7c6c(n5)-c5ccccc5-7)c4)ccc32)cc1. The second kappa shape index (κ2) is 8.51. The van der Waals surface area contributed by atoms with Crippen molar-refractivity contribution in [1.82, 2.24) is 9.55 Å². The third-order valence-electron chi connectivity index (χ3n) is 8.51. The predicted molar refractivity (Wildman–Crippen MR) is 171 cm³/mol. The van der Waals surface area contributed by atoms with Gasteiger partial charge in [0.2, 0.25) is 0 Å². The van der Waals surface area contributed by atoms with Crippen LogP contribution in [0.3, 0.4) is 0 Å². The Kier molecular flexibility index (Phi) is 4.64. The summed E-state index contributed by atoms with van der Waals surface area (Å²) in [6.45, 7) is 0. The molecule has 0 bridgehead atoms. The van der Waals surface area contributed by atoms with Crippen LogP contribution in [-0.2, 0) is 0 Å². The normalized spacial score (nSPS) is 11.9. The van der Waals surface area contributed by atoms with Crippen molar-refractivity contribution in [1.29, 1.82) is 0 Å². The Balaban J connectivity index is 1.20. The Morgan fingerprint density at radius 2 is 1.15 bits per heavy atom. The zero-order chi connectivity index (χ0) is 26.9. The minimum absolute atomic E-state index is 1.00. The number of nitrogens with zero attached hydrogens (tertiary/aromatic N) is 2. The molecule has 1 aliphatic rings. The first-order valence-corrected chi connectivity index (χ1v) is 14.1. The fraction of sp³-hybridized carbons (Fsp3) is 0. The highest BCUT2D eigenvalue weighted by molar-refractivity contribution is 6.15. The summed E-state index contributed by atoms with van der Waals surface area (Å²) in [6.07, 6.45) is 0. The van der Waals surface area contributed by atoms with Crippen molar-refractivity contribution in [3.8, 4) is 50.5 Å². The van der Waals surface area contributed by atoms with Gasteiger partial charge in [-0.05, 0) is 70.1 Å². The monoisotopic (exact) mass is 520 g/mol. The zero-order valence-electron chi connectivity index (χ0n) is 22.3. The molecule has 41 heavy (non-hydrogen) atoms. The second-order valence-electron chi connectivity index (χ2n) is 10.8. The average Bonchev–Trinajstić information content (AvgIpc) is 3.55. The fourth-order valence-electron chi connectivity index (χ4n) is 6.67. The number of rotatable bonds is 3. The number of benzene rings is 6. The molecule has 0 N–H and O–H groups in total. The largest absolute Gasteiger partial charge is 0.309 e. The van der Waals surface area contributed by atoms with E-state index in [4.69, 9.17) is 4.98 Å². The third kappa shape index (κ3) is 3.28. The minimum atomic E-state index is 1.00. The van der Waals surface area contributed by atoms with Crippen LogP contribution in [-0.4, -0.2) is 9.55 Å². The van der Waals surface area contributed by atoms with Crippen molar-refractivity contribution in [2.24, 2.45) is 0 Å². The second-order valence-corrected chi connectivity index (χ2v) is 10.8. The summed E-state index contributed by atoms with van der Waals surface area (Å²) in [5.41, 5.74) is 13.0. The maximum absolute atomic E-state index is 5.24. The molecule has 2 heteroatoms. The van der Waals surface area contributed by atoms with Crippen LogP contribution >= 0.6 is 0 Å². The van der Waals surface area contributed by atoms with Gasteiger partial charge in [-0.2, -0.15) is 0 Å². The number of aromatic nitrogens is 2. The summed E-state index contributed by atoms with van der Waals surface area (Å²) < 4.78 is 2.36. The Morgan fingerprint density at radius 3 is 2.07 bits per heavy atom. The van der Waals surface area contributed by atoms with Crippen LogP contribution in [0.1, 0.15) is 0 Å². The fourth-order valence-corrected chi connectivity index (χ4v) is 6.67. The maximum atomic E-state index is 5.24. The number of pyridine rings is 1. The van der Waals surface area contributed by atoms with E-state index in [1.807, 2.05) is 0 Å². The highest BCUT2D eigenvalue weighted by atomic mass is 15.0. The van der Waals surface area contributed by atoms with Crippen LogP contribution in [0, 0.1) is 0 Å². The molecule has 0 unspecified atom stereocenters. The summed E-state index contributed by atoms with van der Waals surface area (Å²) in [5, 5.41) is 5.01. The number of para-hydroxylation sites is 2. The van der Waals surface area contributed by atoms with Crippen LogP contribution in [0.4, 0.5) is 0 Å². The summed E-state index contributed by atoms with van der Waals surface area (Å²) in [5.74, 6) is 0. The van der Waals surface area contributed by atoms with Crippen LogP contribution in [0.2, 0.25) is 0 Å². The van der Waals surface area contributed by atoms with E-state index >= 15 is 0 Å². The molecule has 190 valence electrons. The van der Waals surface area contributed by atoms with Gasteiger partial charge in [0.05, 0.1) is 22.4 Å². The number of fused-ring (bicyclic) bond motifs is 6. The van der Waals surface area contributed by atoms with Crippen molar-refractivity contribution >= 4 is 32.6 Å². The average molecular weight is 521 g/mol. The van der Waals surface area contributed by atoms with E-state index in [1.54, 1.807) is 0 Å². The van der Waals surface area contributed by atoms with Crippen molar-refractivity contribution in [3.05, 3.63) is 146 Å². The summed E-state index contributed by atoms with van der Waals surface area (Å²) >= 11 is 0. The lowest BCUT2D eigenvalue weighted by Crippen LogP contribution is -1.92. The quantitative estimate of drug-likeness (QED) is 0.227.